The predicted molar refractivity (Wildman–Crippen MR) is 94.9 cm³/mol. The molecule has 0 aliphatic carbocycles. The molecule has 1 heterocycles. The Morgan fingerprint density at radius 1 is 1.04 bits per heavy atom. The minimum atomic E-state index is -0.984. The smallest absolute Gasteiger partial charge is 0.114 e. The van der Waals surface area contributed by atoms with Gasteiger partial charge < -0.3 is 24.8 Å². The summed E-state index contributed by atoms with van der Waals surface area (Å²) in [6.07, 6.45) is 12.2. The molecule has 0 aromatic rings. The van der Waals surface area contributed by atoms with Crippen LogP contribution in [0.25, 0.3) is 0 Å². The van der Waals surface area contributed by atoms with Crippen molar-refractivity contribution in [2.45, 2.75) is 89.1 Å². The number of rotatable bonds is 14. The molecule has 1 aliphatic heterocycles. The average molecular weight is 344 g/mol. The van der Waals surface area contributed by atoms with Gasteiger partial charge in [-0.15, -0.1) is 0 Å². The van der Waals surface area contributed by atoms with Crippen molar-refractivity contribution in [1.29, 1.82) is 0 Å². The molecule has 0 radical (unpaired) electrons. The third-order valence-corrected chi connectivity index (χ3v) is 4.47. The van der Waals surface area contributed by atoms with E-state index >= 15 is 0 Å². The maximum atomic E-state index is 9.77. The number of aliphatic hydroxyl groups is 3. The van der Waals surface area contributed by atoms with Crippen molar-refractivity contribution in [2.24, 2.45) is 0 Å². The molecular weight excluding hydrogens is 308 g/mol. The largest absolute Gasteiger partial charge is 0.394 e. The summed E-state index contributed by atoms with van der Waals surface area (Å²) in [4.78, 5) is 0. The van der Waals surface area contributed by atoms with Crippen LogP contribution in [0.1, 0.15) is 64.7 Å². The Balaban J connectivity index is 1.99. The molecule has 0 bridgehead atoms. The van der Waals surface area contributed by atoms with E-state index in [4.69, 9.17) is 9.47 Å². The molecule has 0 unspecified atom stereocenters. The van der Waals surface area contributed by atoms with E-state index in [0.29, 0.717) is 6.61 Å². The highest BCUT2D eigenvalue weighted by Gasteiger charge is 2.40. The molecule has 1 saturated heterocycles. The van der Waals surface area contributed by atoms with E-state index in [0.717, 1.165) is 19.3 Å². The minimum absolute atomic E-state index is 0.0922. The third-order valence-electron chi connectivity index (χ3n) is 4.47. The number of allylic oxidation sites excluding steroid dienone is 2. The first kappa shape index (κ1) is 21.6. The number of ether oxygens (including phenoxy) is 2. The third kappa shape index (κ3) is 8.58. The van der Waals surface area contributed by atoms with Crippen LogP contribution in [0.2, 0.25) is 0 Å². The van der Waals surface area contributed by atoms with Crippen LogP contribution in [0.4, 0.5) is 0 Å². The van der Waals surface area contributed by atoms with Gasteiger partial charge in [-0.05, 0) is 32.1 Å². The average Bonchev–Trinajstić information content (AvgIpc) is 2.92. The van der Waals surface area contributed by atoms with Crippen LogP contribution < -0.4 is 0 Å². The van der Waals surface area contributed by atoms with Crippen molar-refractivity contribution < 1.29 is 24.8 Å². The molecule has 1 fully saturated rings. The number of aliphatic hydroxyl groups excluding tert-OH is 3. The molecule has 3 N–H and O–H groups in total. The summed E-state index contributed by atoms with van der Waals surface area (Å²) in [6, 6.07) is 0. The topological polar surface area (TPSA) is 79.2 Å². The van der Waals surface area contributed by atoms with Crippen molar-refractivity contribution >= 4 is 0 Å². The first-order valence-corrected chi connectivity index (χ1v) is 9.55. The molecule has 0 amide bonds. The van der Waals surface area contributed by atoms with E-state index in [1.54, 1.807) is 0 Å². The molecule has 0 spiro atoms. The van der Waals surface area contributed by atoms with Gasteiger partial charge >= 0.3 is 0 Å². The fourth-order valence-corrected chi connectivity index (χ4v) is 2.90. The second-order valence-electron chi connectivity index (χ2n) is 6.62. The first-order valence-electron chi connectivity index (χ1n) is 9.55. The molecule has 0 aromatic carbocycles. The summed E-state index contributed by atoms with van der Waals surface area (Å²) in [5, 5.41) is 28.6. The second-order valence-corrected chi connectivity index (χ2v) is 6.62. The van der Waals surface area contributed by atoms with Gasteiger partial charge in [0.05, 0.1) is 13.2 Å². The lowest BCUT2D eigenvalue weighted by molar-refractivity contribution is -0.101. The van der Waals surface area contributed by atoms with Crippen molar-refractivity contribution in [3.8, 4) is 0 Å². The van der Waals surface area contributed by atoms with Gasteiger partial charge in [-0.1, -0.05) is 44.8 Å². The van der Waals surface area contributed by atoms with E-state index in [1.807, 2.05) is 0 Å². The highest BCUT2D eigenvalue weighted by Crippen LogP contribution is 2.19. The zero-order valence-electron chi connectivity index (χ0n) is 15.1. The van der Waals surface area contributed by atoms with Gasteiger partial charge in [0.15, 0.2) is 0 Å². The van der Waals surface area contributed by atoms with E-state index in [9.17, 15) is 15.3 Å². The monoisotopic (exact) mass is 344 g/mol. The Bertz CT molecular complexity index is 321. The quantitative estimate of drug-likeness (QED) is 0.333. The van der Waals surface area contributed by atoms with Crippen LogP contribution in [0.3, 0.4) is 0 Å². The Labute approximate surface area is 146 Å². The van der Waals surface area contributed by atoms with Crippen molar-refractivity contribution in [3.05, 3.63) is 12.2 Å². The SMILES string of the molecule is CCCCCCC/C=C/CCCCO[C@H](CO)[C@@H]1OC[C@H](O)[C@@H]1O. The van der Waals surface area contributed by atoms with Gasteiger partial charge in [-0.3, -0.25) is 0 Å². The van der Waals surface area contributed by atoms with E-state index in [2.05, 4.69) is 19.1 Å². The van der Waals surface area contributed by atoms with Crippen LogP contribution >= 0.6 is 0 Å². The van der Waals surface area contributed by atoms with Crippen LogP contribution in [-0.2, 0) is 9.47 Å². The van der Waals surface area contributed by atoms with Crippen LogP contribution in [0.5, 0.6) is 0 Å². The standard InChI is InChI=1S/C19H36O5/c1-2-3-4-5-6-7-8-9-10-11-12-13-23-17(14-20)19-18(22)16(21)15-24-19/h8-9,16-22H,2-7,10-15H2,1H3/b9-8+/t16-,17+,18-,19-/m0/s1. The van der Waals surface area contributed by atoms with E-state index in [-0.39, 0.29) is 13.2 Å². The lowest BCUT2D eigenvalue weighted by Gasteiger charge is -2.24. The van der Waals surface area contributed by atoms with Gasteiger partial charge in [-0.25, -0.2) is 0 Å². The van der Waals surface area contributed by atoms with Gasteiger partial charge in [0.2, 0.25) is 0 Å². The second kappa shape index (κ2) is 13.8. The molecule has 1 rings (SSSR count). The molecule has 5 nitrogen and oxygen atoms in total. The molecule has 24 heavy (non-hydrogen) atoms. The van der Waals surface area contributed by atoms with E-state index < -0.39 is 24.4 Å². The van der Waals surface area contributed by atoms with Crippen molar-refractivity contribution in [3.63, 3.8) is 0 Å². The summed E-state index contributed by atoms with van der Waals surface area (Å²) in [5.41, 5.74) is 0. The zero-order valence-corrected chi connectivity index (χ0v) is 15.1. The van der Waals surface area contributed by atoms with Crippen LogP contribution in [-0.4, -0.2) is 59.6 Å². The van der Waals surface area contributed by atoms with Gasteiger partial charge in [0.1, 0.15) is 24.4 Å². The molecule has 142 valence electrons. The normalized spacial score (nSPS) is 25.6. The number of hydrogen-bond acceptors (Lipinski definition) is 5. The van der Waals surface area contributed by atoms with Gasteiger partial charge in [-0.2, -0.15) is 0 Å². The predicted octanol–water partition coefficient (Wildman–Crippen LogP) is 2.57. The van der Waals surface area contributed by atoms with Crippen molar-refractivity contribution in [1.82, 2.24) is 0 Å². The summed E-state index contributed by atoms with van der Waals surface area (Å²) < 4.78 is 10.9. The molecule has 0 aromatic heterocycles. The highest BCUT2D eigenvalue weighted by atomic mass is 16.6. The Morgan fingerprint density at radius 3 is 2.29 bits per heavy atom. The Kier molecular flexibility index (Phi) is 12.4. The van der Waals surface area contributed by atoms with Crippen molar-refractivity contribution in [2.75, 3.05) is 19.8 Å². The Hall–Kier alpha value is -0.460. The Morgan fingerprint density at radius 2 is 1.71 bits per heavy atom. The molecule has 4 atom stereocenters. The van der Waals surface area contributed by atoms with Gasteiger partial charge in [0, 0.05) is 6.61 Å². The molecule has 0 saturated carbocycles. The molecular formula is C19H36O5. The van der Waals surface area contributed by atoms with Crippen LogP contribution in [0, 0.1) is 0 Å². The lowest BCUT2D eigenvalue weighted by Crippen LogP contribution is -2.42. The van der Waals surface area contributed by atoms with Crippen LogP contribution in [0.15, 0.2) is 12.2 Å². The summed E-state index contributed by atoms with van der Waals surface area (Å²) in [5.74, 6) is 0. The maximum Gasteiger partial charge on any atom is 0.114 e. The molecule has 5 heteroatoms. The minimum Gasteiger partial charge on any atom is -0.394 e. The zero-order chi connectivity index (χ0) is 17.6. The molecule has 1 aliphatic rings. The highest BCUT2D eigenvalue weighted by molar-refractivity contribution is 4.88. The maximum absolute atomic E-state index is 9.77. The summed E-state index contributed by atoms with van der Waals surface area (Å²) in [6.45, 7) is 2.64. The van der Waals surface area contributed by atoms with Gasteiger partial charge in [0.25, 0.3) is 0 Å². The number of hydrogen-bond donors (Lipinski definition) is 3. The lowest BCUT2D eigenvalue weighted by atomic mass is 10.1. The fourth-order valence-electron chi connectivity index (χ4n) is 2.90. The first-order chi connectivity index (χ1) is 11.7. The van der Waals surface area contributed by atoms with E-state index in [1.165, 1.54) is 38.5 Å². The number of unbranched alkanes of at least 4 members (excludes halogenated alkanes) is 7. The summed E-state index contributed by atoms with van der Waals surface area (Å²) >= 11 is 0. The summed E-state index contributed by atoms with van der Waals surface area (Å²) in [7, 11) is 0. The fraction of sp³-hybridized carbons (Fsp3) is 0.895.